The second kappa shape index (κ2) is 9.49. The molecular weight excluding hydrogens is 499 g/mol. The lowest BCUT2D eigenvalue weighted by molar-refractivity contribution is 0.0842. The highest BCUT2D eigenvalue weighted by Crippen LogP contribution is 2.36. The summed E-state index contributed by atoms with van der Waals surface area (Å²) >= 11 is 12.5. The Balaban J connectivity index is 1.65. The zero-order valence-electron chi connectivity index (χ0n) is 18.8. The molecule has 1 aliphatic rings. The van der Waals surface area contributed by atoms with Crippen molar-refractivity contribution in [1.82, 2.24) is 18.9 Å². The van der Waals surface area contributed by atoms with E-state index in [9.17, 15) is 18.3 Å². The molecule has 0 radical (unpaired) electrons. The summed E-state index contributed by atoms with van der Waals surface area (Å²) in [5.41, 5.74) is 1.31. The maximum absolute atomic E-state index is 13.5. The fourth-order valence-corrected chi connectivity index (χ4v) is 6.11. The summed E-state index contributed by atoms with van der Waals surface area (Å²) in [6.45, 7) is 1.70. The van der Waals surface area contributed by atoms with E-state index in [0.29, 0.717) is 34.0 Å². The highest BCUT2D eigenvalue weighted by atomic mass is 35.5. The predicted octanol–water partition coefficient (Wildman–Crippen LogP) is 3.38. The Labute approximate surface area is 208 Å². The van der Waals surface area contributed by atoms with Crippen LogP contribution in [0.15, 0.2) is 48.5 Å². The fourth-order valence-electron chi connectivity index (χ4n) is 4.49. The van der Waals surface area contributed by atoms with E-state index in [1.165, 1.54) is 11.2 Å². The Morgan fingerprint density at radius 2 is 1.76 bits per heavy atom. The van der Waals surface area contributed by atoms with Crippen LogP contribution in [-0.2, 0) is 22.8 Å². The highest BCUT2D eigenvalue weighted by Gasteiger charge is 2.41. The van der Waals surface area contributed by atoms with Crippen LogP contribution in [0.5, 0.6) is 0 Å². The molecule has 182 valence electrons. The first-order valence-corrected chi connectivity index (χ1v) is 13.0. The second-order valence-corrected chi connectivity index (χ2v) is 11.0. The highest BCUT2D eigenvalue weighted by molar-refractivity contribution is 7.87. The number of nitrogens with one attached hydrogen (secondary N) is 2. The van der Waals surface area contributed by atoms with Crippen molar-refractivity contribution in [3.8, 4) is 0 Å². The zero-order valence-corrected chi connectivity index (χ0v) is 21.1. The maximum atomic E-state index is 13.5. The van der Waals surface area contributed by atoms with Gasteiger partial charge >= 0.3 is 0 Å². The lowest BCUT2D eigenvalue weighted by Crippen LogP contribution is -2.56. The van der Waals surface area contributed by atoms with Gasteiger partial charge in [-0.25, -0.2) is 0 Å². The molecule has 0 spiro atoms. The van der Waals surface area contributed by atoms with Crippen molar-refractivity contribution < 1.29 is 18.3 Å². The Bertz CT molecular complexity index is 1320. The largest absolute Gasteiger partial charge is 0.378 e. The van der Waals surface area contributed by atoms with Gasteiger partial charge in [-0.1, -0.05) is 53.5 Å². The molecule has 1 aliphatic heterocycles. The lowest BCUT2D eigenvalue weighted by atomic mass is 9.81. The van der Waals surface area contributed by atoms with Crippen molar-refractivity contribution in [2.45, 2.75) is 31.5 Å². The third-order valence-corrected chi connectivity index (χ3v) is 8.76. The smallest absolute Gasteiger partial charge is 0.281 e. The standard InChI is InChI=1S/C23H26Cl2N4O4S/c1-15(30)27-34(32,33)29-12-10-23(11-13-29,16-6-4-3-5-7-16)26-22(31)20-14-17-19(28(20)2)9-8-18(24)21(17)25/h3-9,14-15,27,30H,10-13H2,1-2H3,(H,26,31). The van der Waals surface area contributed by atoms with Gasteiger partial charge in [-0.05, 0) is 43.5 Å². The third kappa shape index (κ3) is 4.68. The average molecular weight is 525 g/mol. The summed E-state index contributed by atoms with van der Waals surface area (Å²) < 4.78 is 30.3. The van der Waals surface area contributed by atoms with Gasteiger partial charge in [0.15, 0.2) is 0 Å². The Hall–Kier alpha value is -2.14. The van der Waals surface area contributed by atoms with Crippen LogP contribution >= 0.6 is 23.2 Å². The normalized spacial score (nSPS) is 17.6. The van der Waals surface area contributed by atoms with E-state index in [1.54, 1.807) is 23.7 Å². The van der Waals surface area contributed by atoms with Crippen molar-refractivity contribution in [2.75, 3.05) is 13.1 Å². The minimum atomic E-state index is -3.84. The molecule has 0 aliphatic carbocycles. The number of aliphatic hydroxyl groups excluding tert-OH is 1. The fraction of sp³-hybridized carbons (Fsp3) is 0.348. The zero-order chi connectivity index (χ0) is 24.7. The van der Waals surface area contributed by atoms with Crippen molar-refractivity contribution in [3.63, 3.8) is 0 Å². The number of rotatable bonds is 6. The molecule has 2 heterocycles. The van der Waals surface area contributed by atoms with E-state index in [2.05, 4.69) is 10.0 Å². The van der Waals surface area contributed by atoms with Gasteiger partial charge in [0.1, 0.15) is 11.9 Å². The molecule has 1 aromatic heterocycles. The molecule has 1 saturated heterocycles. The summed E-state index contributed by atoms with van der Waals surface area (Å²) in [7, 11) is -2.05. The number of benzene rings is 2. The number of carbonyl (C=O) groups excluding carboxylic acids is 1. The third-order valence-electron chi connectivity index (χ3n) is 6.26. The number of halogens is 2. The molecule has 0 saturated carbocycles. The monoisotopic (exact) mass is 524 g/mol. The van der Waals surface area contributed by atoms with E-state index in [-0.39, 0.29) is 19.0 Å². The van der Waals surface area contributed by atoms with E-state index >= 15 is 0 Å². The molecule has 3 N–H and O–H groups in total. The quantitative estimate of drug-likeness (QED) is 0.430. The number of aryl methyl sites for hydroxylation is 1. The summed E-state index contributed by atoms with van der Waals surface area (Å²) in [5, 5.41) is 14.1. The first-order chi connectivity index (χ1) is 16.0. The molecule has 3 aromatic rings. The van der Waals surface area contributed by atoms with Crippen LogP contribution < -0.4 is 10.0 Å². The number of aliphatic hydroxyl groups is 1. The first-order valence-electron chi connectivity index (χ1n) is 10.8. The molecule has 1 fully saturated rings. The SMILES string of the molecule is CC(O)NS(=O)(=O)N1CCC(NC(=O)c2cc3c(Cl)c(Cl)ccc3n2C)(c2ccccc2)CC1. The number of hydrogen-bond donors (Lipinski definition) is 3. The number of nitrogens with zero attached hydrogens (tertiary/aromatic N) is 2. The molecule has 8 nitrogen and oxygen atoms in total. The van der Waals surface area contributed by atoms with Crippen molar-refractivity contribution in [1.29, 1.82) is 0 Å². The number of carbonyl (C=O) groups is 1. The lowest BCUT2D eigenvalue weighted by Gasteiger charge is -2.42. The minimum Gasteiger partial charge on any atom is -0.378 e. The molecule has 4 rings (SSSR count). The summed E-state index contributed by atoms with van der Waals surface area (Å²) in [6, 6.07) is 14.7. The van der Waals surface area contributed by atoms with Crippen molar-refractivity contribution >= 4 is 50.2 Å². The van der Waals surface area contributed by atoms with E-state index in [4.69, 9.17) is 23.2 Å². The van der Waals surface area contributed by atoms with Crippen LogP contribution in [0.1, 0.15) is 35.8 Å². The number of hydrogen-bond acceptors (Lipinski definition) is 4. The van der Waals surface area contributed by atoms with Gasteiger partial charge in [0.2, 0.25) is 0 Å². The Kier molecular flexibility index (Phi) is 6.97. The van der Waals surface area contributed by atoms with Gasteiger partial charge in [0.05, 0.1) is 15.6 Å². The van der Waals surface area contributed by atoms with Crippen LogP contribution in [0.3, 0.4) is 0 Å². The number of amides is 1. The van der Waals surface area contributed by atoms with Crippen LogP contribution in [-0.4, -0.2) is 47.6 Å². The molecule has 1 atom stereocenters. The average Bonchev–Trinajstić information content (AvgIpc) is 3.13. The summed E-state index contributed by atoms with van der Waals surface area (Å²) in [4.78, 5) is 13.5. The van der Waals surface area contributed by atoms with Crippen molar-refractivity contribution in [3.05, 3.63) is 69.8 Å². The van der Waals surface area contributed by atoms with Gasteiger partial charge in [0.25, 0.3) is 16.1 Å². The van der Waals surface area contributed by atoms with E-state index in [1.807, 2.05) is 36.4 Å². The van der Waals surface area contributed by atoms with E-state index < -0.39 is 22.0 Å². The topological polar surface area (TPSA) is 104 Å². The summed E-state index contributed by atoms with van der Waals surface area (Å²) in [5.74, 6) is -0.298. The van der Waals surface area contributed by atoms with Crippen molar-refractivity contribution in [2.24, 2.45) is 7.05 Å². The van der Waals surface area contributed by atoms with Crippen LogP contribution in [0.25, 0.3) is 10.9 Å². The Morgan fingerprint density at radius 3 is 2.38 bits per heavy atom. The van der Waals surface area contributed by atoms with Gasteiger partial charge in [-0.3, -0.25) is 4.79 Å². The number of fused-ring (bicyclic) bond motifs is 1. The summed E-state index contributed by atoms with van der Waals surface area (Å²) in [6.07, 6.45) is -0.475. The van der Waals surface area contributed by atoms with Crippen LogP contribution in [0.2, 0.25) is 10.0 Å². The molecule has 34 heavy (non-hydrogen) atoms. The molecule has 1 unspecified atom stereocenters. The second-order valence-electron chi connectivity index (χ2n) is 8.48. The van der Waals surface area contributed by atoms with Gasteiger partial charge in [-0.2, -0.15) is 17.4 Å². The molecule has 11 heteroatoms. The van der Waals surface area contributed by atoms with Gasteiger partial charge in [0, 0.05) is 31.0 Å². The molecule has 1 amide bonds. The van der Waals surface area contributed by atoms with Crippen LogP contribution in [0, 0.1) is 0 Å². The predicted molar refractivity (Wildman–Crippen MR) is 133 cm³/mol. The Morgan fingerprint density at radius 1 is 1.12 bits per heavy atom. The first kappa shape index (κ1) is 25.0. The van der Waals surface area contributed by atoms with Gasteiger partial charge < -0.3 is 15.0 Å². The molecule has 0 bridgehead atoms. The molecular formula is C23H26Cl2N4O4S. The maximum Gasteiger partial charge on any atom is 0.281 e. The number of aromatic nitrogens is 1. The minimum absolute atomic E-state index is 0.174. The van der Waals surface area contributed by atoms with E-state index in [0.717, 1.165) is 11.1 Å². The van der Waals surface area contributed by atoms with Gasteiger partial charge in [-0.15, -0.1) is 0 Å². The number of piperidine rings is 1. The van der Waals surface area contributed by atoms with Crippen LogP contribution in [0.4, 0.5) is 0 Å². The molecule has 2 aromatic carbocycles.